The number of esters is 1. The second-order valence-electron chi connectivity index (χ2n) is 9.03. The number of carbonyl (C=O) groups excluding carboxylic acids is 2. The van der Waals surface area contributed by atoms with Gasteiger partial charge in [-0.25, -0.2) is 0 Å². The van der Waals surface area contributed by atoms with Crippen molar-refractivity contribution in [3.05, 3.63) is 35.9 Å². The highest BCUT2D eigenvalue weighted by Crippen LogP contribution is 2.54. The van der Waals surface area contributed by atoms with Gasteiger partial charge in [0.1, 0.15) is 0 Å². The molecule has 1 aliphatic carbocycles. The third kappa shape index (κ3) is 2.92. The highest BCUT2D eigenvalue weighted by atomic mass is 16.5. The molecule has 1 amide bonds. The van der Waals surface area contributed by atoms with Gasteiger partial charge < -0.3 is 9.64 Å². The smallest absolute Gasteiger partial charge is 0.310 e. The lowest BCUT2D eigenvalue weighted by molar-refractivity contribution is -0.160. The Labute approximate surface area is 155 Å². The van der Waals surface area contributed by atoms with Gasteiger partial charge in [-0.05, 0) is 17.4 Å². The minimum Gasteiger partial charge on any atom is -0.469 e. The highest BCUT2D eigenvalue weighted by Gasteiger charge is 2.61. The third-order valence-corrected chi connectivity index (χ3v) is 6.59. The lowest BCUT2D eigenvalue weighted by atomic mass is 9.71. The van der Waals surface area contributed by atoms with Crippen molar-refractivity contribution in [2.75, 3.05) is 33.3 Å². The fraction of sp³-hybridized carbons (Fsp3) is 0.619. The van der Waals surface area contributed by atoms with E-state index < -0.39 is 0 Å². The van der Waals surface area contributed by atoms with E-state index in [1.165, 1.54) is 12.7 Å². The van der Waals surface area contributed by atoms with E-state index in [0.717, 1.165) is 19.5 Å². The molecule has 2 saturated heterocycles. The molecule has 4 rings (SSSR count). The first-order valence-corrected chi connectivity index (χ1v) is 9.48. The first kappa shape index (κ1) is 17.5. The van der Waals surface area contributed by atoms with Crippen molar-refractivity contribution >= 4 is 11.9 Å². The predicted octanol–water partition coefficient (Wildman–Crippen LogP) is 2.17. The molecule has 1 aromatic carbocycles. The molecule has 1 saturated carbocycles. The minimum atomic E-state index is -0.146. The van der Waals surface area contributed by atoms with Gasteiger partial charge in [0, 0.05) is 44.1 Å². The van der Waals surface area contributed by atoms with Gasteiger partial charge in [-0.2, -0.15) is 0 Å². The van der Waals surface area contributed by atoms with Crippen molar-refractivity contribution in [2.24, 2.45) is 22.7 Å². The molecule has 0 N–H and O–H groups in total. The number of nitrogens with zero attached hydrogens (tertiary/aromatic N) is 2. The molecule has 0 aromatic heterocycles. The lowest BCUT2D eigenvalue weighted by Crippen LogP contribution is -2.63. The van der Waals surface area contributed by atoms with Gasteiger partial charge in [0.25, 0.3) is 0 Å². The molecule has 5 nitrogen and oxygen atoms in total. The molecule has 140 valence electrons. The molecule has 1 spiro atoms. The Morgan fingerprint density at radius 1 is 1.12 bits per heavy atom. The van der Waals surface area contributed by atoms with Gasteiger partial charge >= 0.3 is 5.97 Å². The summed E-state index contributed by atoms with van der Waals surface area (Å²) in [5.74, 6) is 0.149. The van der Waals surface area contributed by atoms with Crippen LogP contribution in [0.1, 0.15) is 25.8 Å². The molecular weight excluding hydrogens is 328 g/mol. The van der Waals surface area contributed by atoms with E-state index >= 15 is 0 Å². The molecule has 2 heterocycles. The molecular formula is C21H28N2O3. The Bertz CT molecular complexity index is 709. The van der Waals surface area contributed by atoms with Crippen LogP contribution in [-0.2, 0) is 20.9 Å². The van der Waals surface area contributed by atoms with Crippen LogP contribution in [0.3, 0.4) is 0 Å². The number of hydrogen-bond acceptors (Lipinski definition) is 4. The number of benzene rings is 1. The number of ether oxygens (including phenoxy) is 1. The van der Waals surface area contributed by atoms with E-state index in [0.29, 0.717) is 19.6 Å². The zero-order valence-corrected chi connectivity index (χ0v) is 15.9. The molecule has 1 aromatic rings. The molecule has 3 fully saturated rings. The fourth-order valence-corrected chi connectivity index (χ4v) is 4.80. The molecule has 5 heteroatoms. The number of rotatable bonds is 4. The van der Waals surface area contributed by atoms with Gasteiger partial charge in [-0.3, -0.25) is 14.5 Å². The summed E-state index contributed by atoms with van der Waals surface area (Å²) in [6.45, 7) is 8.06. The third-order valence-electron chi connectivity index (χ3n) is 6.59. The quantitative estimate of drug-likeness (QED) is 0.776. The number of likely N-dealkylation sites (tertiary alicyclic amines) is 2. The van der Waals surface area contributed by atoms with Gasteiger partial charge in [0.2, 0.25) is 5.91 Å². The molecule has 2 aliphatic heterocycles. The SMILES string of the molecule is COC(=O)[C@@H]1CN(Cc2ccccc2)CC12CN(C(=O)[C@H]1CC1(C)C)C2. The Balaban J connectivity index is 1.44. The van der Waals surface area contributed by atoms with Crippen molar-refractivity contribution < 1.29 is 14.3 Å². The maximum absolute atomic E-state index is 12.7. The Morgan fingerprint density at radius 3 is 2.35 bits per heavy atom. The number of carbonyl (C=O) groups is 2. The molecule has 0 radical (unpaired) electrons. The summed E-state index contributed by atoms with van der Waals surface area (Å²) in [5.41, 5.74) is 1.26. The Morgan fingerprint density at radius 2 is 1.77 bits per heavy atom. The largest absolute Gasteiger partial charge is 0.469 e. The maximum atomic E-state index is 12.7. The van der Waals surface area contributed by atoms with Crippen molar-refractivity contribution in [1.82, 2.24) is 9.80 Å². The van der Waals surface area contributed by atoms with Crippen LogP contribution in [0.5, 0.6) is 0 Å². The average Bonchev–Trinajstić information content (AvgIpc) is 3.06. The Kier molecular flexibility index (Phi) is 4.10. The van der Waals surface area contributed by atoms with Gasteiger partial charge in [0.15, 0.2) is 0 Å². The minimum absolute atomic E-state index is 0.139. The summed E-state index contributed by atoms with van der Waals surface area (Å²) in [6, 6.07) is 10.3. The zero-order chi connectivity index (χ0) is 18.5. The second-order valence-corrected chi connectivity index (χ2v) is 9.03. The molecule has 0 bridgehead atoms. The predicted molar refractivity (Wildman–Crippen MR) is 98.1 cm³/mol. The van der Waals surface area contributed by atoms with E-state index in [2.05, 4.69) is 30.9 Å². The van der Waals surface area contributed by atoms with Crippen LogP contribution in [0, 0.1) is 22.7 Å². The monoisotopic (exact) mass is 356 g/mol. The first-order valence-electron chi connectivity index (χ1n) is 9.48. The first-order chi connectivity index (χ1) is 12.3. The van der Waals surface area contributed by atoms with Crippen LogP contribution in [-0.4, -0.2) is 55.0 Å². The van der Waals surface area contributed by atoms with Crippen molar-refractivity contribution in [3.8, 4) is 0 Å². The van der Waals surface area contributed by atoms with Crippen LogP contribution in [0.15, 0.2) is 30.3 Å². The summed E-state index contributed by atoms with van der Waals surface area (Å²) in [5, 5.41) is 0. The van der Waals surface area contributed by atoms with E-state index in [-0.39, 0.29) is 34.5 Å². The summed E-state index contributed by atoms with van der Waals surface area (Å²) < 4.78 is 5.08. The maximum Gasteiger partial charge on any atom is 0.310 e. The average molecular weight is 356 g/mol. The van der Waals surface area contributed by atoms with Crippen molar-refractivity contribution in [2.45, 2.75) is 26.8 Å². The van der Waals surface area contributed by atoms with Crippen LogP contribution < -0.4 is 0 Å². The van der Waals surface area contributed by atoms with E-state index in [4.69, 9.17) is 4.74 Å². The van der Waals surface area contributed by atoms with E-state index in [9.17, 15) is 9.59 Å². The second kappa shape index (κ2) is 6.08. The van der Waals surface area contributed by atoms with Crippen LogP contribution >= 0.6 is 0 Å². The van der Waals surface area contributed by atoms with Crippen molar-refractivity contribution in [1.29, 1.82) is 0 Å². The van der Waals surface area contributed by atoms with Crippen LogP contribution in [0.2, 0.25) is 0 Å². The summed E-state index contributed by atoms with van der Waals surface area (Å²) in [7, 11) is 1.46. The van der Waals surface area contributed by atoms with E-state index in [1.54, 1.807) is 0 Å². The molecule has 26 heavy (non-hydrogen) atoms. The summed E-state index contributed by atoms with van der Waals surface area (Å²) in [6.07, 6.45) is 0.982. The van der Waals surface area contributed by atoms with Crippen molar-refractivity contribution in [3.63, 3.8) is 0 Å². The highest BCUT2D eigenvalue weighted by molar-refractivity contribution is 5.84. The summed E-state index contributed by atoms with van der Waals surface area (Å²) in [4.78, 5) is 29.3. The molecule has 2 atom stereocenters. The van der Waals surface area contributed by atoms with Gasteiger partial charge in [-0.15, -0.1) is 0 Å². The van der Waals surface area contributed by atoms with Gasteiger partial charge in [0.05, 0.1) is 13.0 Å². The molecule has 3 aliphatic rings. The number of methoxy groups -OCH3 is 1. The summed E-state index contributed by atoms with van der Waals surface area (Å²) >= 11 is 0. The van der Waals surface area contributed by atoms with Gasteiger partial charge in [-0.1, -0.05) is 44.2 Å². The van der Waals surface area contributed by atoms with E-state index in [1.807, 2.05) is 23.1 Å². The normalized spacial score (nSPS) is 28.7. The number of hydrogen-bond donors (Lipinski definition) is 0. The molecule has 0 unspecified atom stereocenters. The fourth-order valence-electron chi connectivity index (χ4n) is 4.80. The van der Waals surface area contributed by atoms with Crippen LogP contribution in [0.4, 0.5) is 0 Å². The zero-order valence-electron chi connectivity index (χ0n) is 15.9. The Hall–Kier alpha value is -1.88. The van der Waals surface area contributed by atoms with Crippen LogP contribution in [0.25, 0.3) is 0 Å². The topological polar surface area (TPSA) is 49.9 Å². The lowest BCUT2D eigenvalue weighted by Gasteiger charge is -2.50. The number of amides is 1. The standard InChI is InChI=1S/C21H28N2O3/c1-20(2)9-16(20)18(24)23-13-21(14-23)12-22(11-17(21)19(25)26-3)10-15-7-5-4-6-8-15/h4-8,16-17H,9-14H2,1-3H3/t16-,17+/m1/s1.